The normalized spacial score (nSPS) is 11.3. The smallest absolute Gasteiger partial charge is 0.320 e. The maximum atomic E-state index is 11.8. The van der Waals surface area contributed by atoms with Gasteiger partial charge in [0.25, 0.3) is 0 Å². The van der Waals surface area contributed by atoms with Crippen LogP contribution in [0.2, 0.25) is 0 Å². The van der Waals surface area contributed by atoms with Crippen LogP contribution in [0.3, 0.4) is 0 Å². The number of aromatic nitrogens is 4. The van der Waals surface area contributed by atoms with Gasteiger partial charge in [0.2, 0.25) is 0 Å². The molecule has 0 spiro atoms. The Morgan fingerprint density at radius 2 is 2.25 bits per heavy atom. The highest BCUT2D eigenvalue weighted by Crippen LogP contribution is 2.18. The summed E-state index contributed by atoms with van der Waals surface area (Å²) in [6.07, 6.45) is 5.97. The molecule has 0 saturated carbocycles. The molecule has 7 nitrogen and oxygen atoms in total. The molecule has 0 aliphatic heterocycles. The molecule has 0 unspecified atom stereocenters. The minimum Gasteiger partial charge on any atom is -0.337 e. The molecule has 108 valence electrons. The fourth-order valence-corrected chi connectivity index (χ4v) is 1.83. The van der Waals surface area contributed by atoms with Crippen molar-refractivity contribution in [2.45, 2.75) is 32.7 Å². The van der Waals surface area contributed by atoms with E-state index in [1.54, 1.807) is 23.1 Å². The van der Waals surface area contributed by atoms with E-state index in [1.807, 2.05) is 27.0 Å². The molecule has 20 heavy (non-hydrogen) atoms. The first kappa shape index (κ1) is 14.1. The van der Waals surface area contributed by atoms with E-state index in [0.29, 0.717) is 12.4 Å². The lowest BCUT2D eigenvalue weighted by Gasteiger charge is -2.22. The zero-order valence-electron chi connectivity index (χ0n) is 12.0. The number of rotatable bonds is 4. The Bertz CT molecular complexity index is 552. The van der Waals surface area contributed by atoms with E-state index in [9.17, 15) is 4.79 Å². The SMILES string of the molecule is CC(C)(C)n1nccc1NC(=O)NCCc1cn[nH]c1. The number of H-pyrrole nitrogens is 1. The number of carbonyl (C=O) groups is 1. The molecule has 2 aromatic heterocycles. The molecule has 0 aliphatic carbocycles. The van der Waals surface area contributed by atoms with Crippen molar-refractivity contribution in [3.63, 3.8) is 0 Å². The topological polar surface area (TPSA) is 87.6 Å². The van der Waals surface area contributed by atoms with Crippen LogP contribution in [0.1, 0.15) is 26.3 Å². The maximum Gasteiger partial charge on any atom is 0.320 e. The number of anilines is 1. The molecule has 0 atom stereocenters. The van der Waals surface area contributed by atoms with Gasteiger partial charge >= 0.3 is 6.03 Å². The van der Waals surface area contributed by atoms with E-state index >= 15 is 0 Å². The van der Waals surface area contributed by atoms with Gasteiger partial charge in [-0.15, -0.1) is 0 Å². The van der Waals surface area contributed by atoms with Crippen LogP contribution in [0.5, 0.6) is 0 Å². The first-order valence-electron chi connectivity index (χ1n) is 6.54. The summed E-state index contributed by atoms with van der Waals surface area (Å²) in [5, 5.41) is 16.4. The second-order valence-corrected chi connectivity index (χ2v) is 5.54. The summed E-state index contributed by atoms with van der Waals surface area (Å²) in [7, 11) is 0. The number of nitrogens with zero attached hydrogens (tertiary/aromatic N) is 3. The molecule has 3 N–H and O–H groups in total. The van der Waals surface area contributed by atoms with Gasteiger partial charge in [0.1, 0.15) is 5.82 Å². The Labute approximate surface area is 117 Å². The van der Waals surface area contributed by atoms with Gasteiger partial charge in [-0.25, -0.2) is 9.48 Å². The summed E-state index contributed by atoms with van der Waals surface area (Å²) in [5.74, 6) is 0.679. The summed E-state index contributed by atoms with van der Waals surface area (Å²) >= 11 is 0. The molecule has 2 amide bonds. The van der Waals surface area contributed by atoms with Gasteiger partial charge in [-0.3, -0.25) is 10.4 Å². The molecule has 0 aliphatic rings. The molecule has 0 bridgehead atoms. The monoisotopic (exact) mass is 276 g/mol. The van der Waals surface area contributed by atoms with E-state index in [1.165, 1.54) is 0 Å². The lowest BCUT2D eigenvalue weighted by atomic mass is 10.1. The van der Waals surface area contributed by atoms with Gasteiger partial charge in [-0.05, 0) is 32.8 Å². The molecule has 7 heteroatoms. The van der Waals surface area contributed by atoms with E-state index in [4.69, 9.17) is 0 Å². The number of carbonyl (C=O) groups excluding carboxylic acids is 1. The summed E-state index contributed by atoms with van der Waals surface area (Å²) in [4.78, 5) is 11.8. The highest BCUT2D eigenvalue weighted by Gasteiger charge is 2.18. The second-order valence-electron chi connectivity index (χ2n) is 5.54. The van der Waals surface area contributed by atoms with Crippen molar-refractivity contribution in [1.82, 2.24) is 25.3 Å². The van der Waals surface area contributed by atoms with Crippen LogP contribution >= 0.6 is 0 Å². The second kappa shape index (κ2) is 5.77. The van der Waals surface area contributed by atoms with Crippen molar-refractivity contribution >= 4 is 11.8 Å². The molecular formula is C13H20N6O. The first-order chi connectivity index (χ1) is 9.47. The van der Waals surface area contributed by atoms with Crippen LogP contribution in [0.15, 0.2) is 24.7 Å². The zero-order valence-corrected chi connectivity index (χ0v) is 12.0. The van der Waals surface area contributed by atoms with Crippen LogP contribution in [0.4, 0.5) is 10.6 Å². The maximum absolute atomic E-state index is 11.8. The number of aromatic amines is 1. The van der Waals surface area contributed by atoms with Crippen molar-refractivity contribution < 1.29 is 4.79 Å². The van der Waals surface area contributed by atoms with E-state index in [0.717, 1.165) is 12.0 Å². The molecule has 2 heterocycles. The van der Waals surface area contributed by atoms with Gasteiger partial charge < -0.3 is 5.32 Å². The number of amides is 2. The molecular weight excluding hydrogens is 256 g/mol. The highest BCUT2D eigenvalue weighted by atomic mass is 16.2. The van der Waals surface area contributed by atoms with Crippen LogP contribution in [-0.4, -0.2) is 32.6 Å². The highest BCUT2D eigenvalue weighted by molar-refractivity contribution is 5.88. The van der Waals surface area contributed by atoms with Crippen molar-refractivity contribution in [1.29, 1.82) is 0 Å². The van der Waals surface area contributed by atoms with Crippen LogP contribution in [0, 0.1) is 0 Å². The molecule has 2 aromatic rings. The van der Waals surface area contributed by atoms with Crippen LogP contribution in [0.25, 0.3) is 0 Å². The fourth-order valence-electron chi connectivity index (χ4n) is 1.83. The fraction of sp³-hybridized carbons (Fsp3) is 0.462. The standard InChI is InChI=1S/C13H20N6O/c1-13(2,3)19-11(5-7-17-19)18-12(20)14-6-4-10-8-15-16-9-10/h5,7-9H,4,6H2,1-3H3,(H,15,16)(H2,14,18,20). The molecule has 0 radical (unpaired) electrons. The third-order valence-electron chi connectivity index (χ3n) is 2.77. The Morgan fingerprint density at radius 3 is 2.90 bits per heavy atom. The summed E-state index contributed by atoms with van der Waals surface area (Å²) in [6.45, 7) is 6.64. The van der Waals surface area contributed by atoms with Gasteiger partial charge in [0, 0.05) is 18.8 Å². The Morgan fingerprint density at radius 1 is 1.45 bits per heavy atom. The van der Waals surface area contributed by atoms with Gasteiger partial charge in [0.15, 0.2) is 0 Å². The van der Waals surface area contributed by atoms with E-state index in [2.05, 4.69) is 25.9 Å². The lowest BCUT2D eigenvalue weighted by molar-refractivity contribution is 0.251. The minimum absolute atomic E-state index is 0.178. The molecule has 2 rings (SSSR count). The zero-order chi connectivity index (χ0) is 14.6. The van der Waals surface area contributed by atoms with Crippen molar-refractivity contribution in [3.8, 4) is 0 Å². The minimum atomic E-state index is -0.237. The predicted octanol–water partition coefficient (Wildman–Crippen LogP) is 1.73. The number of urea groups is 1. The van der Waals surface area contributed by atoms with E-state index in [-0.39, 0.29) is 11.6 Å². The van der Waals surface area contributed by atoms with Crippen LogP contribution in [-0.2, 0) is 12.0 Å². The Kier molecular flexibility index (Phi) is 4.07. The largest absolute Gasteiger partial charge is 0.337 e. The molecule has 0 fully saturated rings. The summed E-state index contributed by atoms with van der Waals surface area (Å²) in [5.41, 5.74) is 0.883. The first-order valence-corrected chi connectivity index (χ1v) is 6.54. The Hall–Kier alpha value is -2.31. The summed E-state index contributed by atoms with van der Waals surface area (Å²) in [6, 6.07) is 1.54. The van der Waals surface area contributed by atoms with Gasteiger partial charge in [0.05, 0.1) is 17.9 Å². The van der Waals surface area contributed by atoms with Crippen molar-refractivity contribution in [2.75, 3.05) is 11.9 Å². The third kappa shape index (κ3) is 3.59. The number of hydrogen-bond donors (Lipinski definition) is 3. The average molecular weight is 276 g/mol. The van der Waals surface area contributed by atoms with Crippen molar-refractivity contribution in [3.05, 3.63) is 30.2 Å². The Balaban J connectivity index is 1.84. The van der Waals surface area contributed by atoms with Gasteiger partial charge in [-0.1, -0.05) is 0 Å². The number of nitrogens with one attached hydrogen (secondary N) is 3. The lowest BCUT2D eigenvalue weighted by Crippen LogP contribution is -2.33. The van der Waals surface area contributed by atoms with Crippen molar-refractivity contribution in [2.24, 2.45) is 0 Å². The number of hydrogen-bond acceptors (Lipinski definition) is 3. The quantitative estimate of drug-likeness (QED) is 0.794. The summed E-state index contributed by atoms with van der Waals surface area (Å²) < 4.78 is 1.78. The predicted molar refractivity (Wildman–Crippen MR) is 76.5 cm³/mol. The average Bonchev–Trinajstić information content (AvgIpc) is 2.98. The van der Waals surface area contributed by atoms with Gasteiger partial charge in [-0.2, -0.15) is 10.2 Å². The third-order valence-corrected chi connectivity index (χ3v) is 2.77. The molecule has 0 saturated heterocycles. The van der Waals surface area contributed by atoms with E-state index < -0.39 is 0 Å². The molecule has 0 aromatic carbocycles. The van der Waals surface area contributed by atoms with Crippen LogP contribution < -0.4 is 10.6 Å².